The maximum Gasteiger partial charge on any atom is 0.488 e. The lowest BCUT2D eigenvalue weighted by Crippen LogP contribution is -1.95. The van der Waals surface area contributed by atoms with Crippen LogP contribution >= 0.6 is 30.2 Å². The standard InChI is InChI=1S/H6O12P4S/c1-13(2,3)10-15(7,8)12-16(9,17)11-14(4,5)6/h(H,7,8)(H,9,17)(H2,1,2,3)(H2,4,5,6). The van der Waals surface area contributed by atoms with Crippen molar-refractivity contribution >= 4 is 42.0 Å². The minimum atomic E-state index is -5.56. The van der Waals surface area contributed by atoms with Gasteiger partial charge in [0.1, 0.15) is 0 Å². The summed E-state index contributed by atoms with van der Waals surface area (Å²) in [7, 11) is -16.3. The van der Waals surface area contributed by atoms with Crippen molar-refractivity contribution in [3.05, 3.63) is 0 Å². The van der Waals surface area contributed by atoms with E-state index in [-0.39, 0.29) is 0 Å². The van der Waals surface area contributed by atoms with Crippen LogP contribution in [0.4, 0.5) is 0 Å². The topological polar surface area (TPSA) is 200 Å². The summed E-state index contributed by atoms with van der Waals surface area (Å²) in [5, 5.41) is 0. The van der Waals surface area contributed by atoms with Gasteiger partial charge in [0.15, 0.2) is 0 Å². The molecule has 0 radical (unpaired) electrons. The molecule has 2 unspecified atom stereocenters. The van der Waals surface area contributed by atoms with Crippen molar-refractivity contribution in [1.29, 1.82) is 0 Å². The van der Waals surface area contributed by atoms with Crippen molar-refractivity contribution < 1.29 is 56.0 Å². The Morgan fingerprint density at radius 1 is 0.706 bits per heavy atom. The largest absolute Gasteiger partial charge is 0.488 e. The zero-order valence-electron chi connectivity index (χ0n) is 7.33. The number of phosphoric acid groups is 3. The van der Waals surface area contributed by atoms with E-state index in [1.54, 1.807) is 0 Å². The number of hydrogen-bond donors (Lipinski definition) is 6. The SMILES string of the molecule is O=P(O)(O)OP(=O)(O)OP(O)(=S)OP(=O)(O)O. The predicted molar refractivity (Wildman–Crippen MR) is 53.7 cm³/mol. The van der Waals surface area contributed by atoms with E-state index in [1.165, 1.54) is 0 Å². The lowest BCUT2D eigenvalue weighted by atomic mass is 15.7. The molecule has 0 saturated heterocycles. The van der Waals surface area contributed by atoms with E-state index in [0.29, 0.717) is 0 Å². The van der Waals surface area contributed by atoms with Gasteiger partial charge in [-0.1, -0.05) is 0 Å². The van der Waals surface area contributed by atoms with Gasteiger partial charge in [0.25, 0.3) is 0 Å². The van der Waals surface area contributed by atoms with Crippen LogP contribution < -0.4 is 0 Å². The summed E-state index contributed by atoms with van der Waals surface area (Å²) < 4.78 is 41.4. The van der Waals surface area contributed by atoms with E-state index in [4.69, 9.17) is 29.4 Å². The Bertz CT molecular complexity index is 407. The zero-order chi connectivity index (χ0) is 14.1. The Kier molecular flexibility index (Phi) is 5.86. The fourth-order valence-corrected chi connectivity index (χ4v) is 5.94. The molecule has 104 valence electrons. The first-order valence-electron chi connectivity index (χ1n) is 3.03. The molecule has 0 spiro atoms. The lowest BCUT2D eigenvalue weighted by molar-refractivity contribution is 0.215. The summed E-state index contributed by atoms with van der Waals surface area (Å²) in [5.74, 6) is 0. The summed E-state index contributed by atoms with van der Waals surface area (Å²) in [4.78, 5) is 50.4. The fourth-order valence-electron chi connectivity index (χ4n) is 0.429. The highest BCUT2D eigenvalue weighted by Crippen LogP contribution is 2.69. The van der Waals surface area contributed by atoms with Crippen LogP contribution in [0.1, 0.15) is 0 Å². The molecule has 0 aliphatic heterocycles. The molecule has 0 aromatic rings. The predicted octanol–water partition coefficient (Wildman–Crippen LogP) is -0.461. The fraction of sp³-hybridized carbons (Fsp3) is 0. The summed E-state index contributed by atoms with van der Waals surface area (Å²) in [5.41, 5.74) is 0. The van der Waals surface area contributed by atoms with Gasteiger partial charge in [0, 0.05) is 0 Å². The van der Waals surface area contributed by atoms with Gasteiger partial charge in [-0.3, -0.25) is 0 Å². The number of rotatable bonds is 6. The van der Waals surface area contributed by atoms with Gasteiger partial charge in [-0.25, -0.2) is 22.3 Å². The molecule has 17 heavy (non-hydrogen) atoms. The van der Waals surface area contributed by atoms with Crippen LogP contribution in [-0.2, 0) is 38.4 Å². The van der Waals surface area contributed by atoms with Gasteiger partial charge >= 0.3 is 30.2 Å². The minimum Gasteiger partial charge on any atom is -0.324 e. The molecule has 0 rings (SSSR count). The Balaban J connectivity index is 4.84. The van der Waals surface area contributed by atoms with E-state index in [9.17, 15) is 13.7 Å². The molecular formula is H6O12P4S. The van der Waals surface area contributed by atoms with Gasteiger partial charge in [0.2, 0.25) is 0 Å². The van der Waals surface area contributed by atoms with Crippen LogP contribution in [0.3, 0.4) is 0 Å². The molecule has 2 atom stereocenters. The van der Waals surface area contributed by atoms with E-state index < -0.39 is 30.2 Å². The van der Waals surface area contributed by atoms with Crippen molar-refractivity contribution in [3.8, 4) is 0 Å². The van der Waals surface area contributed by atoms with Gasteiger partial charge < -0.3 is 29.4 Å². The first-order valence-corrected chi connectivity index (χ1v) is 10.2. The third-order valence-corrected chi connectivity index (χ3v) is 6.83. The van der Waals surface area contributed by atoms with Gasteiger partial charge in [-0.15, -0.1) is 0 Å². The number of hydrogen-bond acceptors (Lipinski definition) is 7. The average Bonchev–Trinajstić information content (AvgIpc) is 1.65. The molecule has 0 heterocycles. The van der Waals surface area contributed by atoms with E-state index in [0.717, 1.165) is 0 Å². The van der Waals surface area contributed by atoms with E-state index in [2.05, 4.69) is 24.7 Å². The van der Waals surface area contributed by atoms with Crippen molar-refractivity contribution in [2.45, 2.75) is 0 Å². The summed E-state index contributed by atoms with van der Waals surface area (Å²) in [6.07, 6.45) is 0. The molecule has 0 aliphatic carbocycles. The van der Waals surface area contributed by atoms with Crippen molar-refractivity contribution in [2.75, 3.05) is 0 Å². The lowest BCUT2D eigenvalue weighted by Gasteiger charge is -2.18. The van der Waals surface area contributed by atoms with Crippen LogP contribution in [0.25, 0.3) is 0 Å². The molecule has 0 aliphatic rings. The van der Waals surface area contributed by atoms with E-state index >= 15 is 0 Å². The monoisotopic (exact) mass is 354 g/mol. The van der Waals surface area contributed by atoms with Crippen LogP contribution in [0.15, 0.2) is 0 Å². The third kappa shape index (κ3) is 10.6. The molecule has 0 aromatic carbocycles. The van der Waals surface area contributed by atoms with Crippen LogP contribution in [0, 0.1) is 0 Å². The first kappa shape index (κ1) is 18.0. The first-order chi connectivity index (χ1) is 7.12. The molecule has 0 bridgehead atoms. The second-order valence-electron chi connectivity index (χ2n) is 2.16. The van der Waals surface area contributed by atoms with Gasteiger partial charge in [0.05, 0.1) is 0 Å². The van der Waals surface area contributed by atoms with Gasteiger partial charge in [-0.05, 0) is 11.8 Å². The smallest absolute Gasteiger partial charge is 0.324 e. The Hall–Kier alpha value is 0.980. The van der Waals surface area contributed by atoms with Crippen LogP contribution in [0.5, 0.6) is 0 Å². The molecule has 0 amide bonds. The molecule has 0 aromatic heterocycles. The Labute approximate surface area is 98.5 Å². The highest BCUT2D eigenvalue weighted by atomic mass is 32.5. The second kappa shape index (κ2) is 5.54. The normalized spacial score (nSPS) is 20.6. The summed E-state index contributed by atoms with van der Waals surface area (Å²) in [6, 6.07) is 0. The highest BCUT2D eigenvalue weighted by molar-refractivity contribution is 8.09. The maximum atomic E-state index is 10.8. The van der Waals surface area contributed by atoms with Crippen molar-refractivity contribution in [3.63, 3.8) is 0 Å². The summed E-state index contributed by atoms with van der Waals surface area (Å²) in [6.45, 7) is -4.93. The van der Waals surface area contributed by atoms with E-state index in [1.807, 2.05) is 0 Å². The van der Waals surface area contributed by atoms with Crippen molar-refractivity contribution in [1.82, 2.24) is 0 Å². The van der Waals surface area contributed by atoms with Crippen LogP contribution in [0.2, 0.25) is 0 Å². The zero-order valence-corrected chi connectivity index (χ0v) is 11.7. The second-order valence-corrected chi connectivity index (χ2v) is 9.34. The highest BCUT2D eigenvalue weighted by Gasteiger charge is 2.40. The maximum absolute atomic E-state index is 10.8. The van der Waals surface area contributed by atoms with Crippen LogP contribution in [-0.4, -0.2) is 29.4 Å². The molecular weight excluding hydrogens is 348 g/mol. The molecule has 6 N–H and O–H groups in total. The Morgan fingerprint density at radius 2 is 1.06 bits per heavy atom. The third-order valence-electron chi connectivity index (χ3n) is 0.625. The molecule has 0 saturated carbocycles. The van der Waals surface area contributed by atoms with Gasteiger partial charge in [-0.2, -0.15) is 4.31 Å². The molecule has 12 nitrogen and oxygen atoms in total. The molecule has 0 fully saturated rings. The Morgan fingerprint density at radius 3 is 1.35 bits per heavy atom. The average molecular weight is 354 g/mol. The van der Waals surface area contributed by atoms with Crippen molar-refractivity contribution in [2.24, 2.45) is 0 Å². The molecule has 17 heteroatoms. The summed E-state index contributed by atoms with van der Waals surface area (Å²) >= 11 is 3.89. The minimum absolute atomic E-state index is 3.20. The quantitative estimate of drug-likeness (QED) is 0.335.